The normalized spacial score (nSPS) is 15.9. The third-order valence-corrected chi connectivity index (χ3v) is 6.12. The second-order valence-electron chi connectivity index (χ2n) is 5.61. The molecule has 2 aromatic heterocycles. The van der Waals surface area contributed by atoms with E-state index in [2.05, 4.69) is 35.4 Å². The van der Waals surface area contributed by atoms with E-state index in [-0.39, 0.29) is 24.0 Å². The van der Waals surface area contributed by atoms with Gasteiger partial charge in [-0.2, -0.15) is 5.10 Å². The van der Waals surface area contributed by atoms with Crippen LogP contribution in [0.4, 0.5) is 0 Å². The molecule has 0 atom stereocenters. The van der Waals surface area contributed by atoms with E-state index in [1.165, 1.54) is 0 Å². The van der Waals surface area contributed by atoms with Crippen molar-refractivity contribution in [1.82, 2.24) is 30.4 Å². The zero-order chi connectivity index (χ0) is 16.6. The fourth-order valence-electron chi connectivity index (χ4n) is 2.82. The maximum atomic E-state index is 4.43. The molecule has 2 aromatic rings. The summed E-state index contributed by atoms with van der Waals surface area (Å²) in [5, 5.41) is 12.4. The molecule has 1 saturated heterocycles. The van der Waals surface area contributed by atoms with Gasteiger partial charge in [-0.15, -0.1) is 35.3 Å². The van der Waals surface area contributed by atoms with E-state index in [1.54, 1.807) is 17.7 Å². The number of nitrogens with zero attached hydrogens (tertiary/aromatic N) is 5. The molecule has 7 nitrogen and oxygen atoms in total. The summed E-state index contributed by atoms with van der Waals surface area (Å²) in [5.41, 5.74) is 0. The fourth-order valence-corrected chi connectivity index (χ4v) is 4.47. The first-order valence-corrected chi connectivity index (χ1v) is 10.1. The van der Waals surface area contributed by atoms with Gasteiger partial charge in [0.2, 0.25) is 0 Å². The first kappa shape index (κ1) is 20.4. The zero-order valence-electron chi connectivity index (χ0n) is 14.2. The van der Waals surface area contributed by atoms with E-state index < -0.39 is 0 Å². The van der Waals surface area contributed by atoms with E-state index >= 15 is 0 Å². The monoisotopic (exact) mass is 493 g/mol. The van der Waals surface area contributed by atoms with Crippen LogP contribution in [0, 0.1) is 0 Å². The summed E-state index contributed by atoms with van der Waals surface area (Å²) in [5.74, 6) is 3.57. The van der Waals surface area contributed by atoms with Gasteiger partial charge >= 0.3 is 0 Å². The molecule has 0 amide bonds. The van der Waals surface area contributed by atoms with Crippen LogP contribution in [0.15, 0.2) is 27.2 Å². The highest BCUT2D eigenvalue weighted by atomic mass is 127. The molecular weight excluding hydrogens is 469 g/mol. The van der Waals surface area contributed by atoms with E-state index in [9.17, 15) is 0 Å². The number of guanidine groups is 1. The molecular formula is C15H24IN7S2. The van der Waals surface area contributed by atoms with Crippen LogP contribution in [0.25, 0.3) is 0 Å². The average Bonchev–Trinajstić information content (AvgIpc) is 3.32. The summed E-state index contributed by atoms with van der Waals surface area (Å²) in [6.45, 7) is 2.94. The van der Waals surface area contributed by atoms with E-state index in [0.717, 1.165) is 60.8 Å². The van der Waals surface area contributed by atoms with Crippen molar-refractivity contribution in [3.63, 3.8) is 0 Å². The Morgan fingerprint density at radius 2 is 2.28 bits per heavy atom. The minimum absolute atomic E-state index is 0. The van der Waals surface area contributed by atoms with Crippen LogP contribution >= 0.6 is 47.1 Å². The lowest BCUT2D eigenvalue weighted by Gasteiger charge is -2.33. The average molecular weight is 493 g/mol. The molecule has 0 saturated carbocycles. The summed E-state index contributed by atoms with van der Waals surface area (Å²) in [6, 6.07) is 0. The number of thiazole rings is 1. The van der Waals surface area contributed by atoms with Gasteiger partial charge in [-0.1, -0.05) is 11.8 Å². The summed E-state index contributed by atoms with van der Waals surface area (Å²) < 4.78 is 1.15. The minimum atomic E-state index is 0. The highest BCUT2D eigenvalue weighted by Gasteiger charge is 2.24. The minimum Gasteiger partial charge on any atom is -0.356 e. The van der Waals surface area contributed by atoms with E-state index in [4.69, 9.17) is 0 Å². The Hall–Kier alpha value is -0.880. The molecule has 138 valence electrons. The van der Waals surface area contributed by atoms with Crippen molar-refractivity contribution in [2.75, 3.05) is 32.4 Å². The van der Waals surface area contributed by atoms with Crippen LogP contribution in [0.5, 0.6) is 0 Å². The summed E-state index contributed by atoms with van der Waals surface area (Å²) in [6.07, 6.45) is 6.70. The number of nitrogens with one attached hydrogen (secondary N) is 2. The van der Waals surface area contributed by atoms with Gasteiger partial charge in [0.25, 0.3) is 0 Å². The molecule has 0 unspecified atom stereocenters. The summed E-state index contributed by atoms with van der Waals surface area (Å²) in [4.78, 5) is 15.3. The maximum Gasteiger partial charge on any atom is 0.193 e. The van der Waals surface area contributed by atoms with E-state index in [0.29, 0.717) is 5.92 Å². The first-order chi connectivity index (χ1) is 11.9. The summed E-state index contributed by atoms with van der Waals surface area (Å²) in [7, 11) is 1.86. The second kappa shape index (κ2) is 11.0. The van der Waals surface area contributed by atoms with Crippen LogP contribution in [0.3, 0.4) is 0 Å². The molecule has 0 radical (unpaired) electrons. The van der Waals surface area contributed by atoms with Gasteiger partial charge in [0.15, 0.2) is 5.96 Å². The first-order valence-electron chi connectivity index (χ1n) is 8.20. The molecule has 3 heterocycles. The number of hydrogen-bond acceptors (Lipinski definition) is 6. The number of aromatic nitrogens is 4. The van der Waals surface area contributed by atoms with Gasteiger partial charge in [0.05, 0.1) is 0 Å². The molecule has 3 rings (SSSR count). The number of rotatable bonds is 6. The Labute approximate surface area is 173 Å². The van der Waals surface area contributed by atoms with Gasteiger partial charge in [-0.05, 0) is 19.3 Å². The standard InChI is InChI=1S/C15H23N7S2.HI/c1-16-14(17-5-2-9-23-15-18-6-10-24-15)22-7-3-12(4-8-22)13-19-11-20-21-13;/h6,10-12H,2-5,7-9H2,1H3,(H,16,17)(H,19,20,21);1H. The number of piperidine rings is 1. The molecule has 0 aromatic carbocycles. The zero-order valence-corrected chi connectivity index (χ0v) is 18.2. The predicted octanol–water partition coefficient (Wildman–Crippen LogP) is 2.82. The van der Waals surface area contributed by atoms with Gasteiger partial charge in [-0.3, -0.25) is 10.1 Å². The van der Waals surface area contributed by atoms with Crippen molar-refractivity contribution in [2.45, 2.75) is 29.5 Å². The number of likely N-dealkylation sites (tertiary alicyclic amines) is 1. The molecule has 1 aliphatic heterocycles. The maximum absolute atomic E-state index is 4.43. The fraction of sp³-hybridized carbons (Fsp3) is 0.600. The molecule has 0 spiro atoms. The van der Waals surface area contributed by atoms with Gasteiger partial charge in [0, 0.05) is 49.9 Å². The van der Waals surface area contributed by atoms with Gasteiger partial charge < -0.3 is 10.2 Å². The van der Waals surface area contributed by atoms with Gasteiger partial charge in [0.1, 0.15) is 16.5 Å². The SMILES string of the molecule is CN=C(NCCCSc1nccs1)N1CCC(c2ncn[nH]2)CC1.I. The number of thioether (sulfide) groups is 1. The van der Waals surface area contributed by atoms with Crippen molar-refractivity contribution >= 4 is 53.0 Å². The molecule has 10 heteroatoms. The lowest BCUT2D eigenvalue weighted by atomic mass is 9.96. The van der Waals surface area contributed by atoms with Crippen molar-refractivity contribution in [2.24, 2.45) is 4.99 Å². The molecule has 0 bridgehead atoms. The molecule has 1 aliphatic rings. The van der Waals surface area contributed by atoms with E-state index in [1.807, 2.05) is 30.4 Å². The molecule has 0 aliphatic carbocycles. The van der Waals surface area contributed by atoms with Crippen LogP contribution in [0.1, 0.15) is 31.0 Å². The highest BCUT2D eigenvalue weighted by molar-refractivity contribution is 14.0. The van der Waals surface area contributed by atoms with Crippen LogP contribution < -0.4 is 5.32 Å². The lowest BCUT2D eigenvalue weighted by molar-refractivity contribution is 0.299. The molecule has 1 fully saturated rings. The highest BCUT2D eigenvalue weighted by Crippen LogP contribution is 2.25. The van der Waals surface area contributed by atoms with Crippen LogP contribution in [-0.4, -0.2) is 63.5 Å². The van der Waals surface area contributed by atoms with Crippen molar-refractivity contribution in [3.05, 3.63) is 23.7 Å². The van der Waals surface area contributed by atoms with Crippen LogP contribution in [-0.2, 0) is 0 Å². The summed E-state index contributed by atoms with van der Waals surface area (Å²) >= 11 is 3.52. The largest absolute Gasteiger partial charge is 0.356 e. The topological polar surface area (TPSA) is 82.1 Å². The number of H-pyrrole nitrogens is 1. The lowest BCUT2D eigenvalue weighted by Crippen LogP contribution is -2.45. The number of halogens is 1. The third kappa shape index (κ3) is 6.10. The number of aromatic amines is 1. The number of hydrogen-bond donors (Lipinski definition) is 2. The van der Waals surface area contributed by atoms with Crippen molar-refractivity contribution < 1.29 is 0 Å². The molecule has 25 heavy (non-hydrogen) atoms. The third-order valence-electron chi connectivity index (χ3n) is 4.07. The van der Waals surface area contributed by atoms with Crippen molar-refractivity contribution in [3.8, 4) is 0 Å². The van der Waals surface area contributed by atoms with Gasteiger partial charge in [-0.25, -0.2) is 9.97 Å². The Balaban J connectivity index is 0.00000225. The second-order valence-corrected chi connectivity index (χ2v) is 7.84. The number of aliphatic imine (C=N–C) groups is 1. The smallest absolute Gasteiger partial charge is 0.193 e. The molecule has 2 N–H and O–H groups in total. The Morgan fingerprint density at radius 3 is 2.92 bits per heavy atom. The van der Waals surface area contributed by atoms with Crippen molar-refractivity contribution in [1.29, 1.82) is 0 Å². The predicted molar refractivity (Wildman–Crippen MR) is 114 cm³/mol. The Bertz CT molecular complexity index is 610. The Kier molecular flexibility index (Phi) is 8.96. The van der Waals surface area contributed by atoms with Crippen LogP contribution in [0.2, 0.25) is 0 Å². The Morgan fingerprint density at radius 1 is 1.44 bits per heavy atom. The quantitative estimate of drug-likeness (QED) is 0.212.